The van der Waals surface area contributed by atoms with Gasteiger partial charge in [-0.25, -0.2) is 0 Å². The molecule has 1 aliphatic rings. The Morgan fingerprint density at radius 3 is 2.20 bits per heavy atom. The van der Waals surface area contributed by atoms with E-state index in [0.29, 0.717) is 16.3 Å². The molecule has 10 heteroatoms. The summed E-state index contributed by atoms with van der Waals surface area (Å²) in [6.45, 7) is 2.11. The molecule has 0 bridgehead atoms. The molecule has 1 aliphatic heterocycles. The third-order valence-corrected chi connectivity index (χ3v) is 7.39. The normalized spacial score (nSPS) is 15.0. The van der Waals surface area contributed by atoms with Crippen molar-refractivity contribution in [2.75, 3.05) is 13.2 Å². The lowest BCUT2D eigenvalue weighted by molar-refractivity contribution is -0.123. The minimum atomic E-state index is -3.96. The quantitative estimate of drug-likeness (QED) is 0.280. The van der Waals surface area contributed by atoms with E-state index in [9.17, 15) is 18.0 Å². The molecule has 2 amide bonds. The summed E-state index contributed by atoms with van der Waals surface area (Å²) in [5.41, 5.74) is 1.56. The summed E-state index contributed by atoms with van der Waals surface area (Å²) in [6, 6.07) is 19.3. The predicted octanol–water partition coefficient (Wildman–Crippen LogP) is 5.53. The van der Waals surface area contributed by atoms with Crippen molar-refractivity contribution in [3.8, 4) is 11.5 Å². The number of nitrogens with zero attached hydrogens (tertiary/aromatic N) is 1. The van der Waals surface area contributed by atoms with Crippen LogP contribution in [0.4, 0.5) is 4.79 Å². The van der Waals surface area contributed by atoms with Gasteiger partial charge in [0.05, 0.1) is 11.4 Å². The molecular weight excluding hydrogens is 510 g/mol. The van der Waals surface area contributed by atoms with Crippen molar-refractivity contribution < 1.29 is 26.9 Å². The van der Waals surface area contributed by atoms with E-state index >= 15 is 0 Å². The number of amides is 2. The first-order chi connectivity index (χ1) is 16.7. The molecule has 0 aromatic heterocycles. The van der Waals surface area contributed by atoms with E-state index in [0.717, 1.165) is 22.2 Å². The molecule has 3 aromatic carbocycles. The number of hydrogen-bond acceptors (Lipinski definition) is 7. The van der Waals surface area contributed by atoms with Crippen molar-refractivity contribution in [3.63, 3.8) is 0 Å². The lowest BCUT2D eigenvalue weighted by Crippen LogP contribution is -2.32. The van der Waals surface area contributed by atoms with Crippen molar-refractivity contribution in [1.29, 1.82) is 0 Å². The van der Waals surface area contributed by atoms with E-state index in [1.165, 1.54) is 24.3 Å². The van der Waals surface area contributed by atoms with Crippen LogP contribution in [0, 0.1) is 6.92 Å². The number of rotatable bonds is 8. The van der Waals surface area contributed by atoms with Crippen LogP contribution >= 0.6 is 23.4 Å². The van der Waals surface area contributed by atoms with E-state index in [1.807, 2.05) is 6.92 Å². The summed E-state index contributed by atoms with van der Waals surface area (Å²) in [7, 11) is -3.96. The molecule has 1 saturated heterocycles. The molecule has 7 nitrogen and oxygen atoms in total. The van der Waals surface area contributed by atoms with Gasteiger partial charge in [-0.3, -0.25) is 14.5 Å². The van der Waals surface area contributed by atoms with Crippen LogP contribution in [0.5, 0.6) is 11.5 Å². The summed E-state index contributed by atoms with van der Waals surface area (Å²) in [4.78, 5) is 26.4. The first-order valence-corrected chi connectivity index (χ1v) is 13.1. The minimum absolute atomic E-state index is 0.0564. The van der Waals surface area contributed by atoms with Gasteiger partial charge in [0.25, 0.3) is 11.1 Å². The van der Waals surface area contributed by atoms with Gasteiger partial charge in [0.2, 0.25) is 0 Å². The smallest absolute Gasteiger partial charge is 0.339 e. The average Bonchev–Trinajstić information content (AvgIpc) is 3.09. The molecule has 0 aliphatic carbocycles. The second-order valence-electron chi connectivity index (χ2n) is 7.56. The molecule has 0 atom stereocenters. The topological polar surface area (TPSA) is 90.0 Å². The maximum absolute atomic E-state index is 12.7. The summed E-state index contributed by atoms with van der Waals surface area (Å²) >= 11 is 6.68. The van der Waals surface area contributed by atoms with Gasteiger partial charge in [-0.15, -0.1) is 0 Å². The van der Waals surface area contributed by atoms with Gasteiger partial charge < -0.3 is 8.92 Å². The zero-order valence-corrected chi connectivity index (χ0v) is 20.9. The van der Waals surface area contributed by atoms with E-state index in [-0.39, 0.29) is 33.9 Å². The van der Waals surface area contributed by atoms with E-state index in [4.69, 9.17) is 20.5 Å². The van der Waals surface area contributed by atoms with Crippen molar-refractivity contribution in [2.24, 2.45) is 0 Å². The fraction of sp³-hybridized carbons (Fsp3) is 0.120. The van der Waals surface area contributed by atoms with Crippen LogP contribution in [-0.4, -0.2) is 37.6 Å². The van der Waals surface area contributed by atoms with Crippen LogP contribution < -0.4 is 8.92 Å². The Hall–Kier alpha value is -3.27. The monoisotopic (exact) mass is 529 g/mol. The van der Waals surface area contributed by atoms with Crippen LogP contribution in [0.1, 0.15) is 11.1 Å². The Labute approximate surface area is 212 Å². The first kappa shape index (κ1) is 24.8. The Balaban J connectivity index is 1.37. The zero-order chi connectivity index (χ0) is 25.0. The molecule has 35 heavy (non-hydrogen) atoms. The van der Waals surface area contributed by atoms with Gasteiger partial charge in [0, 0.05) is 5.02 Å². The Morgan fingerprint density at radius 2 is 1.54 bits per heavy atom. The maximum atomic E-state index is 12.7. The number of halogens is 1. The Bertz CT molecular complexity index is 1370. The molecule has 3 aromatic rings. The second kappa shape index (κ2) is 10.6. The van der Waals surface area contributed by atoms with Crippen LogP contribution in [0.3, 0.4) is 0 Å². The molecule has 4 rings (SSSR count). The minimum Gasteiger partial charge on any atom is -0.492 e. The Morgan fingerprint density at radius 1 is 0.914 bits per heavy atom. The molecule has 0 N–H and O–H groups in total. The van der Waals surface area contributed by atoms with Gasteiger partial charge in [-0.2, -0.15) is 8.42 Å². The zero-order valence-electron chi connectivity index (χ0n) is 18.5. The number of thioether (sulfide) groups is 1. The van der Waals surface area contributed by atoms with Crippen LogP contribution in [0.25, 0.3) is 6.08 Å². The molecule has 0 radical (unpaired) electrons. The van der Waals surface area contributed by atoms with Crippen molar-refractivity contribution in [2.45, 2.75) is 11.8 Å². The summed E-state index contributed by atoms with van der Waals surface area (Å²) in [6.07, 6.45) is 1.57. The summed E-state index contributed by atoms with van der Waals surface area (Å²) in [5.74, 6) is 0.306. The number of ether oxygens (including phenoxy) is 1. The SMILES string of the molecule is Cc1ccc(S(=O)(=O)Oc2ccc(/C=C3\SC(=O)N(CCOc4ccc(Cl)cc4)C3=O)cc2)cc1. The number of imide groups is 1. The van der Waals surface area contributed by atoms with Gasteiger partial charge in [-0.1, -0.05) is 41.4 Å². The molecule has 1 fully saturated rings. The van der Waals surface area contributed by atoms with E-state index in [2.05, 4.69) is 0 Å². The van der Waals surface area contributed by atoms with Gasteiger partial charge >= 0.3 is 10.1 Å². The second-order valence-corrected chi connectivity index (χ2v) is 10.5. The van der Waals surface area contributed by atoms with Gasteiger partial charge in [-0.05, 0) is 78.9 Å². The van der Waals surface area contributed by atoms with Gasteiger partial charge in [0.15, 0.2) is 0 Å². The van der Waals surface area contributed by atoms with Crippen molar-refractivity contribution in [3.05, 3.63) is 93.9 Å². The first-order valence-electron chi connectivity index (χ1n) is 10.5. The fourth-order valence-corrected chi connectivity index (χ4v) is 5.05. The lowest BCUT2D eigenvalue weighted by atomic mass is 10.2. The van der Waals surface area contributed by atoms with Crippen LogP contribution in [-0.2, 0) is 14.9 Å². The molecule has 0 unspecified atom stereocenters. The summed E-state index contributed by atoms with van der Waals surface area (Å²) < 4.78 is 35.6. The Kier molecular flexibility index (Phi) is 7.49. The van der Waals surface area contributed by atoms with Crippen molar-refractivity contribution >= 4 is 50.7 Å². The average molecular weight is 530 g/mol. The maximum Gasteiger partial charge on any atom is 0.339 e. The third kappa shape index (κ3) is 6.25. The summed E-state index contributed by atoms with van der Waals surface area (Å²) in [5, 5.41) is 0.200. The van der Waals surface area contributed by atoms with Gasteiger partial charge in [0.1, 0.15) is 23.0 Å². The van der Waals surface area contributed by atoms with Crippen LogP contribution in [0.2, 0.25) is 5.02 Å². The number of aryl methyl sites for hydroxylation is 1. The highest BCUT2D eigenvalue weighted by Crippen LogP contribution is 2.32. The molecule has 0 saturated carbocycles. The fourth-order valence-electron chi connectivity index (χ4n) is 3.13. The number of carbonyl (C=O) groups excluding carboxylic acids is 2. The third-order valence-electron chi connectivity index (χ3n) is 4.96. The largest absolute Gasteiger partial charge is 0.492 e. The highest BCUT2D eigenvalue weighted by molar-refractivity contribution is 8.18. The molecule has 1 heterocycles. The number of benzene rings is 3. The molecule has 0 spiro atoms. The van der Waals surface area contributed by atoms with Crippen molar-refractivity contribution in [1.82, 2.24) is 4.90 Å². The van der Waals surface area contributed by atoms with E-state index in [1.54, 1.807) is 54.6 Å². The van der Waals surface area contributed by atoms with E-state index < -0.39 is 16.0 Å². The highest BCUT2D eigenvalue weighted by Gasteiger charge is 2.34. The lowest BCUT2D eigenvalue weighted by Gasteiger charge is -2.13. The van der Waals surface area contributed by atoms with Crippen LogP contribution in [0.15, 0.2) is 82.6 Å². The standard InChI is InChI=1S/C25H20ClNO6S2/c1-17-2-12-22(13-3-17)35(30,31)33-21-8-4-18(5-9-21)16-23-24(28)27(25(29)34-23)14-15-32-20-10-6-19(26)7-11-20/h2-13,16H,14-15H2,1H3/b23-16-. The number of hydrogen-bond donors (Lipinski definition) is 0. The predicted molar refractivity (Wildman–Crippen MR) is 135 cm³/mol. The molecule has 180 valence electrons. The molecular formula is C25H20ClNO6S2. The highest BCUT2D eigenvalue weighted by atomic mass is 35.5. The number of carbonyl (C=O) groups is 2.